The average Bonchev–Trinajstić information content (AvgIpc) is 2.54. The van der Waals surface area contributed by atoms with Crippen molar-refractivity contribution in [3.63, 3.8) is 0 Å². The second kappa shape index (κ2) is 6.37. The molecule has 8 heteroatoms. The molecule has 1 aromatic carbocycles. The third-order valence-electron chi connectivity index (χ3n) is 4.03. The van der Waals surface area contributed by atoms with Crippen molar-refractivity contribution >= 4 is 21.6 Å². The fourth-order valence-corrected chi connectivity index (χ4v) is 3.73. The van der Waals surface area contributed by atoms with Crippen LogP contribution in [0.1, 0.15) is 12.8 Å². The largest absolute Gasteiger partial charge is 0.486 e. The van der Waals surface area contributed by atoms with Gasteiger partial charge in [0.25, 0.3) is 0 Å². The monoisotopic (exact) mass is 340 g/mol. The third kappa shape index (κ3) is 3.76. The first-order valence-electron chi connectivity index (χ1n) is 7.59. The van der Waals surface area contributed by atoms with E-state index in [4.69, 9.17) is 9.47 Å². The Kier molecular flexibility index (Phi) is 4.45. The van der Waals surface area contributed by atoms with Crippen molar-refractivity contribution in [1.29, 1.82) is 0 Å². The molecule has 0 bridgehead atoms. The number of benzene rings is 1. The van der Waals surface area contributed by atoms with Crippen LogP contribution in [0.15, 0.2) is 18.2 Å². The van der Waals surface area contributed by atoms with Crippen LogP contribution in [0.25, 0.3) is 0 Å². The van der Waals surface area contributed by atoms with E-state index in [0.29, 0.717) is 49.8 Å². The topological polar surface area (TPSA) is 84.9 Å². The molecule has 7 nitrogen and oxygen atoms in total. The van der Waals surface area contributed by atoms with Gasteiger partial charge < -0.3 is 14.8 Å². The number of rotatable bonds is 3. The number of anilines is 1. The van der Waals surface area contributed by atoms with Crippen molar-refractivity contribution in [2.24, 2.45) is 5.92 Å². The molecule has 1 amide bonds. The summed E-state index contributed by atoms with van der Waals surface area (Å²) in [6, 6.07) is 5.24. The maximum Gasteiger partial charge on any atom is 0.228 e. The number of carbonyl (C=O) groups is 1. The molecule has 0 unspecified atom stereocenters. The predicted octanol–water partition coefficient (Wildman–Crippen LogP) is 1.07. The molecular formula is C15H20N2O5S. The summed E-state index contributed by atoms with van der Waals surface area (Å²) in [5, 5.41) is 2.84. The third-order valence-corrected chi connectivity index (χ3v) is 5.30. The van der Waals surface area contributed by atoms with Crippen LogP contribution in [-0.2, 0) is 14.8 Å². The maximum atomic E-state index is 12.4. The van der Waals surface area contributed by atoms with Gasteiger partial charge in [0, 0.05) is 24.8 Å². The van der Waals surface area contributed by atoms with Gasteiger partial charge in [0.2, 0.25) is 15.9 Å². The standard InChI is InChI=1S/C15H20N2O5S/c1-23(19,20)17-6-2-3-11(10-17)15(18)16-12-4-5-13-14(9-12)22-8-7-21-13/h4-5,9,11H,2-3,6-8,10H2,1H3,(H,16,18)/t11-/m1/s1. The molecule has 2 aliphatic rings. The van der Waals surface area contributed by atoms with Crippen LogP contribution >= 0.6 is 0 Å². The van der Waals surface area contributed by atoms with Gasteiger partial charge in [-0.15, -0.1) is 0 Å². The van der Waals surface area contributed by atoms with E-state index in [1.165, 1.54) is 10.6 Å². The minimum atomic E-state index is -3.26. The quantitative estimate of drug-likeness (QED) is 0.890. The summed E-state index contributed by atoms with van der Waals surface area (Å²) in [7, 11) is -3.26. The van der Waals surface area contributed by atoms with Gasteiger partial charge in [-0.3, -0.25) is 4.79 Å². The van der Waals surface area contributed by atoms with Crippen molar-refractivity contribution in [2.75, 3.05) is 37.9 Å². The lowest BCUT2D eigenvalue weighted by molar-refractivity contribution is -0.120. The van der Waals surface area contributed by atoms with Crippen LogP contribution in [0, 0.1) is 5.92 Å². The molecule has 3 rings (SSSR count). The van der Waals surface area contributed by atoms with Crippen molar-refractivity contribution in [2.45, 2.75) is 12.8 Å². The highest BCUT2D eigenvalue weighted by molar-refractivity contribution is 7.88. The molecule has 0 spiro atoms. The Hall–Kier alpha value is -1.80. The summed E-state index contributed by atoms with van der Waals surface area (Å²) in [6.45, 7) is 1.71. The van der Waals surface area contributed by atoms with Crippen molar-refractivity contribution < 1.29 is 22.7 Å². The second-order valence-corrected chi connectivity index (χ2v) is 7.79. The van der Waals surface area contributed by atoms with Crippen LogP contribution < -0.4 is 14.8 Å². The fraction of sp³-hybridized carbons (Fsp3) is 0.533. The molecule has 0 aromatic heterocycles. The number of carbonyl (C=O) groups excluding carboxylic acids is 1. The molecular weight excluding hydrogens is 320 g/mol. The lowest BCUT2D eigenvalue weighted by Crippen LogP contribution is -2.43. The SMILES string of the molecule is CS(=O)(=O)N1CCC[C@@H](C(=O)Nc2ccc3c(c2)OCCO3)C1. The van der Waals surface area contributed by atoms with Crippen LogP contribution in [0.2, 0.25) is 0 Å². The van der Waals surface area contributed by atoms with E-state index < -0.39 is 10.0 Å². The summed E-state index contributed by atoms with van der Waals surface area (Å²) >= 11 is 0. The van der Waals surface area contributed by atoms with Crippen LogP contribution in [0.3, 0.4) is 0 Å². The normalized spacial score (nSPS) is 21.7. The van der Waals surface area contributed by atoms with Gasteiger partial charge in [-0.05, 0) is 25.0 Å². The van der Waals surface area contributed by atoms with Crippen molar-refractivity contribution in [3.05, 3.63) is 18.2 Å². The van der Waals surface area contributed by atoms with Crippen molar-refractivity contribution in [3.8, 4) is 11.5 Å². The average molecular weight is 340 g/mol. The number of amides is 1. The Morgan fingerprint density at radius 2 is 2.00 bits per heavy atom. The van der Waals surface area contributed by atoms with E-state index in [2.05, 4.69) is 5.32 Å². The minimum absolute atomic E-state index is 0.171. The van der Waals surface area contributed by atoms with Gasteiger partial charge in [0.1, 0.15) is 13.2 Å². The molecule has 2 aliphatic heterocycles. The number of nitrogens with one attached hydrogen (secondary N) is 1. The summed E-state index contributed by atoms with van der Waals surface area (Å²) < 4.78 is 35.6. The Bertz CT molecular complexity index is 704. The molecule has 0 saturated carbocycles. The lowest BCUT2D eigenvalue weighted by atomic mass is 9.98. The lowest BCUT2D eigenvalue weighted by Gasteiger charge is -2.30. The number of hydrogen-bond acceptors (Lipinski definition) is 5. The van der Waals surface area contributed by atoms with Gasteiger partial charge >= 0.3 is 0 Å². The van der Waals surface area contributed by atoms with Gasteiger partial charge in [-0.2, -0.15) is 0 Å². The number of piperidine rings is 1. The number of hydrogen-bond donors (Lipinski definition) is 1. The Balaban J connectivity index is 1.67. The molecule has 1 saturated heterocycles. The zero-order valence-electron chi connectivity index (χ0n) is 12.9. The molecule has 1 N–H and O–H groups in total. The highest BCUT2D eigenvalue weighted by Crippen LogP contribution is 2.33. The molecule has 1 atom stereocenters. The fourth-order valence-electron chi connectivity index (χ4n) is 2.82. The summed E-state index contributed by atoms with van der Waals surface area (Å²) in [5.41, 5.74) is 0.621. The predicted molar refractivity (Wildman–Crippen MR) is 85.2 cm³/mol. The van der Waals surface area contributed by atoms with Gasteiger partial charge in [-0.1, -0.05) is 0 Å². The first-order valence-corrected chi connectivity index (χ1v) is 9.44. The highest BCUT2D eigenvalue weighted by atomic mass is 32.2. The van der Waals surface area contributed by atoms with E-state index in [1.807, 2.05) is 0 Å². The summed E-state index contributed by atoms with van der Waals surface area (Å²) in [5.74, 6) is 0.757. The molecule has 0 radical (unpaired) electrons. The van der Waals surface area contributed by atoms with E-state index in [0.717, 1.165) is 0 Å². The summed E-state index contributed by atoms with van der Waals surface area (Å²) in [4.78, 5) is 12.4. The Morgan fingerprint density at radius 3 is 2.74 bits per heavy atom. The zero-order valence-corrected chi connectivity index (χ0v) is 13.8. The first-order chi connectivity index (χ1) is 10.9. The van der Waals surface area contributed by atoms with Gasteiger partial charge in [-0.25, -0.2) is 12.7 Å². The number of ether oxygens (including phenoxy) is 2. The van der Waals surface area contributed by atoms with E-state index >= 15 is 0 Å². The van der Waals surface area contributed by atoms with Gasteiger partial charge in [0.15, 0.2) is 11.5 Å². The molecule has 0 aliphatic carbocycles. The number of sulfonamides is 1. The molecule has 1 fully saturated rings. The number of nitrogens with zero attached hydrogens (tertiary/aromatic N) is 1. The van der Waals surface area contributed by atoms with E-state index in [-0.39, 0.29) is 18.4 Å². The van der Waals surface area contributed by atoms with Crippen LogP contribution in [0.4, 0.5) is 5.69 Å². The minimum Gasteiger partial charge on any atom is -0.486 e. The molecule has 23 heavy (non-hydrogen) atoms. The maximum absolute atomic E-state index is 12.4. The first kappa shape index (κ1) is 16.1. The molecule has 1 aromatic rings. The number of fused-ring (bicyclic) bond motifs is 1. The molecule has 2 heterocycles. The zero-order chi connectivity index (χ0) is 16.4. The van der Waals surface area contributed by atoms with E-state index in [9.17, 15) is 13.2 Å². The highest BCUT2D eigenvalue weighted by Gasteiger charge is 2.30. The van der Waals surface area contributed by atoms with Crippen LogP contribution in [0.5, 0.6) is 11.5 Å². The van der Waals surface area contributed by atoms with Crippen LogP contribution in [-0.4, -0.2) is 51.2 Å². The summed E-state index contributed by atoms with van der Waals surface area (Å²) in [6.07, 6.45) is 2.54. The molecule has 126 valence electrons. The smallest absolute Gasteiger partial charge is 0.228 e. The Labute approximate surface area is 135 Å². The van der Waals surface area contributed by atoms with Crippen molar-refractivity contribution in [1.82, 2.24) is 4.31 Å². The van der Waals surface area contributed by atoms with Gasteiger partial charge in [0.05, 0.1) is 12.2 Å². The Morgan fingerprint density at radius 1 is 1.26 bits per heavy atom. The van der Waals surface area contributed by atoms with E-state index in [1.54, 1.807) is 18.2 Å². The second-order valence-electron chi connectivity index (χ2n) is 5.81.